The highest BCUT2D eigenvalue weighted by molar-refractivity contribution is 5.87. The van der Waals surface area contributed by atoms with E-state index in [0.717, 1.165) is 12.8 Å². The lowest BCUT2D eigenvalue weighted by Gasteiger charge is -2.35. The van der Waals surface area contributed by atoms with Gasteiger partial charge in [-0.2, -0.15) is 0 Å². The highest BCUT2D eigenvalue weighted by atomic mass is 16.5. The maximum atomic E-state index is 13.3. The van der Waals surface area contributed by atoms with Crippen LogP contribution in [0.5, 0.6) is 0 Å². The zero-order chi connectivity index (χ0) is 30.0. The molecule has 9 atom stereocenters. The first-order valence-electron chi connectivity index (χ1n) is 13.9. The molecule has 41 heavy (non-hydrogen) atoms. The second-order valence-electron chi connectivity index (χ2n) is 10.9. The van der Waals surface area contributed by atoms with Gasteiger partial charge in [0.05, 0.1) is 35.7 Å². The van der Waals surface area contributed by atoms with Gasteiger partial charge in [-0.3, -0.25) is 14.9 Å². The molecular formula is C26H41N9O6. The largest absolute Gasteiger partial charge is 0.464 e. The third kappa shape index (κ3) is 6.07. The van der Waals surface area contributed by atoms with Gasteiger partial charge in [-0.15, -0.1) is 0 Å². The predicted octanol–water partition coefficient (Wildman–Crippen LogP) is -1.60. The molecule has 0 aromatic carbocycles. The quantitative estimate of drug-likeness (QED) is 0.0881. The van der Waals surface area contributed by atoms with E-state index in [4.69, 9.17) is 21.9 Å². The number of aromatic amines is 1. The Morgan fingerprint density at radius 2 is 1.88 bits per heavy atom. The minimum absolute atomic E-state index is 0.0198. The van der Waals surface area contributed by atoms with E-state index in [9.17, 15) is 24.9 Å². The van der Waals surface area contributed by atoms with E-state index in [0.29, 0.717) is 16.6 Å². The Labute approximate surface area is 237 Å². The highest BCUT2D eigenvalue weighted by Gasteiger charge is 2.52. The summed E-state index contributed by atoms with van der Waals surface area (Å²) in [7, 11) is 0. The number of ether oxygens (including phenoxy) is 1. The number of aliphatic imine (C=N–C) groups is 1. The van der Waals surface area contributed by atoms with Crippen LogP contribution >= 0.6 is 0 Å². The van der Waals surface area contributed by atoms with Crippen molar-refractivity contribution in [1.29, 1.82) is 0 Å². The summed E-state index contributed by atoms with van der Waals surface area (Å²) < 4.78 is 5.56. The second kappa shape index (κ2) is 12.5. The van der Waals surface area contributed by atoms with E-state index in [-0.39, 0.29) is 36.6 Å². The minimum atomic E-state index is -1.26. The number of nitrogens with one attached hydrogen (secondary N) is 3. The van der Waals surface area contributed by atoms with Gasteiger partial charge < -0.3 is 47.6 Å². The second-order valence-corrected chi connectivity index (χ2v) is 10.9. The molecule has 15 nitrogen and oxygen atoms in total. The van der Waals surface area contributed by atoms with E-state index in [1.165, 1.54) is 13.3 Å². The molecule has 2 aliphatic rings. The summed E-state index contributed by atoms with van der Waals surface area (Å²) in [6, 6.07) is -2.61. The van der Waals surface area contributed by atoms with E-state index in [2.05, 4.69) is 30.6 Å². The van der Waals surface area contributed by atoms with Crippen molar-refractivity contribution in [3.05, 3.63) is 18.1 Å². The van der Waals surface area contributed by atoms with Gasteiger partial charge in [0.25, 0.3) is 0 Å². The van der Waals surface area contributed by atoms with Crippen LogP contribution in [0.1, 0.15) is 51.6 Å². The molecule has 1 aliphatic carbocycles. The van der Waals surface area contributed by atoms with E-state index in [1.807, 2.05) is 13.8 Å². The summed E-state index contributed by atoms with van der Waals surface area (Å²) in [5.41, 5.74) is 18.8. The molecule has 0 bridgehead atoms. The smallest absolute Gasteiger partial charge is 0.311 e. The number of nitrogens with two attached hydrogens (primary N) is 3. The van der Waals surface area contributed by atoms with Gasteiger partial charge in [0.15, 0.2) is 11.8 Å². The molecule has 1 saturated heterocycles. The molecule has 4 rings (SSSR count). The number of esters is 1. The molecule has 1 amide bonds. The Hall–Kier alpha value is -3.53. The molecular weight excluding hydrogens is 534 g/mol. The third-order valence-electron chi connectivity index (χ3n) is 8.46. The molecule has 4 unspecified atom stereocenters. The SMILES string of the molecule is CCC(CC)[C@H](NC(C)=O)C1C(N=C(N)N)CC(C(=O)OC[C@@H]2N[C@@H](c3c[nH]c4c(N)ncnc34)[C@@H](O)[C@@H]2O)C1O. The summed E-state index contributed by atoms with van der Waals surface area (Å²) in [5, 5.41) is 38.9. The number of hydrogen-bond donors (Lipinski definition) is 9. The molecule has 2 aromatic rings. The molecule has 226 valence electrons. The van der Waals surface area contributed by atoms with Gasteiger partial charge in [0.2, 0.25) is 5.91 Å². The maximum absolute atomic E-state index is 13.3. The Kier molecular flexibility index (Phi) is 9.31. The molecule has 2 fully saturated rings. The van der Waals surface area contributed by atoms with Crippen LogP contribution in [-0.2, 0) is 14.3 Å². The molecule has 15 heteroatoms. The van der Waals surface area contributed by atoms with Crippen molar-refractivity contribution < 1.29 is 29.6 Å². The van der Waals surface area contributed by atoms with Gasteiger partial charge in [-0.1, -0.05) is 26.7 Å². The number of nitrogen functional groups attached to an aromatic ring is 1. The number of H-pyrrole nitrogens is 1. The number of fused-ring (bicyclic) bond motifs is 1. The van der Waals surface area contributed by atoms with Crippen molar-refractivity contribution in [3.8, 4) is 0 Å². The molecule has 0 spiro atoms. The van der Waals surface area contributed by atoms with Crippen molar-refractivity contribution in [3.63, 3.8) is 0 Å². The standard InChI is InChI=1S/C26H41N9O6/c1-4-11(5-2)17(33-10(3)36)16-14(35-26(28)29)6-12(21(16)37)25(40)41-8-15-22(38)23(39)19(34-15)13-7-30-20-18(13)31-9-32-24(20)27/h7,9,11-12,14-17,19,21-23,30,34,37-39H,4-6,8H2,1-3H3,(H,33,36)(H2,27,31,32)(H4,28,29,35)/t12?,14?,15-,16?,17-,19-,21?,22+,23+/m0/s1. The first-order valence-corrected chi connectivity index (χ1v) is 13.9. The van der Waals surface area contributed by atoms with Crippen molar-refractivity contribution >= 4 is 34.7 Å². The lowest BCUT2D eigenvalue weighted by atomic mass is 9.80. The van der Waals surface area contributed by atoms with E-state index >= 15 is 0 Å². The summed E-state index contributed by atoms with van der Waals surface area (Å²) in [5.74, 6) is -2.46. The molecule has 3 heterocycles. The predicted molar refractivity (Wildman–Crippen MR) is 150 cm³/mol. The average molecular weight is 576 g/mol. The Morgan fingerprint density at radius 1 is 1.17 bits per heavy atom. The number of amides is 1. The van der Waals surface area contributed by atoms with Crippen LogP contribution in [0.2, 0.25) is 0 Å². The monoisotopic (exact) mass is 575 g/mol. The zero-order valence-corrected chi connectivity index (χ0v) is 23.4. The summed E-state index contributed by atoms with van der Waals surface area (Å²) >= 11 is 0. The maximum Gasteiger partial charge on any atom is 0.311 e. The van der Waals surface area contributed by atoms with Crippen molar-refractivity contribution in [2.45, 2.75) is 82.5 Å². The molecule has 0 radical (unpaired) electrons. The average Bonchev–Trinajstić information content (AvgIpc) is 3.57. The van der Waals surface area contributed by atoms with Gasteiger partial charge in [0.1, 0.15) is 30.7 Å². The molecule has 1 aliphatic heterocycles. The van der Waals surface area contributed by atoms with Gasteiger partial charge in [0, 0.05) is 30.6 Å². The fraction of sp³-hybridized carbons (Fsp3) is 0.654. The van der Waals surface area contributed by atoms with Crippen LogP contribution in [-0.4, -0.2) is 91.2 Å². The lowest BCUT2D eigenvalue weighted by molar-refractivity contribution is -0.153. The highest BCUT2D eigenvalue weighted by Crippen LogP contribution is 2.40. The number of nitrogens with zero attached hydrogens (tertiary/aromatic N) is 3. The number of anilines is 1. The van der Waals surface area contributed by atoms with Crippen molar-refractivity contribution in [2.75, 3.05) is 12.3 Å². The van der Waals surface area contributed by atoms with E-state index < -0.39 is 60.3 Å². The van der Waals surface area contributed by atoms with Gasteiger partial charge in [-0.25, -0.2) is 15.0 Å². The minimum Gasteiger partial charge on any atom is -0.464 e. The number of guanidine groups is 1. The Bertz CT molecular complexity index is 1260. The fourth-order valence-electron chi connectivity index (χ4n) is 6.41. The Morgan fingerprint density at radius 3 is 2.51 bits per heavy atom. The van der Waals surface area contributed by atoms with Crippen LogP contribution in [0.3, 0.4) is 0 Å². The third-order valence-corrected chi connectivity index (χ3v) is 8.46. The van der Waals surface area contributed by atoms with Crippen LogP contribution in [0, 0.1) is 17.8 Å². The van der Waals surface area contributed by atoms with Gasteiger partial charge >= 0.3 is 5.97 Å². The van der Waals surface area contributed by atoms with Crippen LogP contribution < -0.4 is 27.8 Å². The summed E-state index contributed by atoms with van der Waals surface area (Å²) in [6.07, 6.45) is 0.844. The lowest BCUT2D eigenvalue weighted by Crippen LogP contribution is -2.51. The van der Waals surface area contributed by atoms with Crippen molar-refractivity contribution in [2.24, 2.45) is 34.2 Å². The van der Waals surface area contributed by atoms with Crippen LogP contribution in [0.15, 0.2) is 17.5 Å². The zero-order valence-electron chi connectivity index (χ0n) is 23.4. The van der Waals surface area contributed by atoms with Crippen LogP contribution in [0.25, 0.3) is 11.0 Å². The van der Waals surface area contributed by atoms with Crippen molar-refractivity contribution in [1.82, 2.24) is 25.6 Å². The first kappa shape index (κ1) is 30.4. The first-order chi connectivity index (χ1) is 19.5. The normalized spacial score (nSPS) is 30.4. The fourth-order valence-corrected chi connectivity index (χ4v) is 6.41. The number of hydrogen-bond acceptors (Lipinski definition) is 11. The number of aromatic nitrogens is 3. The number of carbonyl (C=O) groups excluding carboxylic acids is 2. The number of aliphatic hydroxyl groups is 3. The topological polar surface area (TPSA) is 260 Å². The van der Waals surface area contributed by atoms with E-state index in [1.54, 1.807) is 6.20 Å². The molecule has 12 N–H and O–H groups in total. The summed E-state index contributed by atoms with van der Waals surface area (Å²) in [6.45, 7) is 5.12. The number of aliphatic hydroxyl groups excluding tert-OH is 3. The van der Waals surface area contributed by atoms with Gasteiger partial charge in [-0.05, 0) is 12.3 Å². The Balaban J connectivity index is 1.48. The number of carbonyl (C=O) groups is 2. The van der Waals surface area contributed by atoms with Crippen LogP contribution in [0.4, 0.5) is 5.82 Å². The number of rotatable bonds is 10. The summed E-state index contributed by atoms with van der Waals surface area (Å²) in [4.78, 5) is 40.8. The molecule has 2 aromatic heterocycles. The molecule has 1 saturated carbocycles.